The van der Waals surface area contributed by atoms with Gasteiger partial charge in [-0.3, -0.25) is 0 Å². The predicted octanol–water partition coefficient (Wildman–Crippen LogP) is 5.95. The van der Waals surface area contributed by atoms with Gasteiger partial charge >= 0.3 is 0 Å². The van der Waals surface area contributed by atoms with Crippen LogP contribution in [0.5, 0.6) is 0 Å². The summed E-state index contributed by atoms with van der Waals surface area (Å²) < 4.78 is 1.07. The third-order valence-electron chi connectivity index (χ3n) is 4.38. The van der Waals surface area contributed by atoms with Crippen LogP contribution in [0.1, 0.15) is 11.1 Å². The molecule has 0 N–H and O–H groups in total. The number of rotatable bonds is 2. The van der Waals surface area contributed by atoms with Gasteiger partial charge in [-0.05, 0) is 55.6 Å². The first-order valence-corrected chi connectivity index (χ1v) is 8.33. The Morgan fingerprint density at radius 2 is 1.39 bits per heavy atom. The van der Waals surface area contributed by atoms with Gasteiger partial charge in [-0.15, -0.1) is 0 Å². The van der Waals surface area contributed by atoms with Gasteiger partial charge in [0.15, 0.2) is 0 Å². The molecule has 0 radical (unpaired) electrons. The van der Waals surface area contributed by atoms with Crippen LogP contribution in [-0.4, -0.2) is 0 Å². The van der Waals surface area contributed by atoms with E-state index in [1.165, 1.54) is 21.5 Å². The Bertz CT molecular complexity index is 1070. The van der Waals surface area contributed by atoms with Crippen molar-refractivity contribution in [2.75, 3.05) is 0 Å². The normalized spacial score (nSPS) is 11.2. The number of halogens is 1. The van der Waals surface area contributed by atoms with Gasteiger partial charge < -0.3 is 0 Å². The van der Waals surface area contributed by atoms with Gasteiger partial charge in [0.05, 0.1) is 0 Å². The molecule has 4 rings (SSSR count). The second kappa shape index (κ2) is 5.36. The smallest absolute Gasteiger partial charge is 0.0175 e. The summed E-state index contributed by atoms with van der Waals surface area (Å²) >= 11 is 3.49. The van der Waals surface area contributed by atoms with Crippen molar-refractivity contribution in [2.45, 2.75) is 0 Å². The van der Waals surface area contributed by atoms with Gasteiger partial charge in [0.25, 0.3) is 0 Å². The molecule has 0 atom stereocenters. The molecule has 0 amide bonds. The first-order valence-electron chi connectivity index (χ1n) is 7.53. The Hall–Kier alpha value is -2.38. The average molecular weight is 359 g/mol. The minimum Gasteiger partial charge on any atom is -0.0911 e. The van der Waals surface area contributed by atoms with Crippen molar-refractivity contribution in [3.63, 3.8) is 0 Å². The summed E-state index contributed by atoms with van der Waals surface area (Å²) in [5, 5.41) is 6.01. The Morgan fingerprint density at radius 1 is 0.739 bits per heavy atom. The van der Waals surface area contributed by atoms with Crippen molar-refractivity contribution in [1.82, 2.24) is 0 Å². The quantitative estimate of drug-likeness (QED) is 0.415. The van der Waals surface area contributed by atoms with E-state index in [0.717, 1.165) is 26.4 Å². The van der Waals surface area contributed by atoms with Crippen LogP contribution in [0.3, 0.4) is 0 Å². The molecular formula is C22H15Br. The standard InChI is InChI=1S/C22H15Br/c1-14-6-7-17-4-3-5-18-10-13-20(21(14)22(17)18)15(2)16-8-11-19(23)12-9-16/h3-13H,1-2H2. The largest absolute Gasteiger partial charge is 0.0911 e. The molecule has 4 aromatic carbocycles. The zero-order valence-electron chi connectivity index (χ0n) is 12.6. The predicted molar refractivity (Wildman–Crippen MR) is 104 cm³/mol. The molecule has 0 unspecified atom stereocenters. The van der Waals surface area contributed by atoms with Crippen molar-refractivity contribution in [3.05, 3.63) is 94.1 Å². The molecule has 0 aliphatic heterocycles. The van der Waals surface area contributed by atoms with Gasteiger partial charge in [-0.2, -0.15) is 0 Å². The Balaban J connectivity index is 2.04. The highest BCUT2D eigenvalue weighted by Crippen LogP contribution is 2.32. The zero-order chi connectivity index (χ0) is 16.0. The molecule has 0 bridgehead atoms. The van der Waals surface area contributed by atoms with E-state index in [1.54, 1.807) is 0 Å². The van der Waals surface area contributed by atoms with E-state index in [1.807, 2.05) is 12.1 Å². The van der Waals surface area contributed by atoms with Crippen LogP contribution in [0.4, 0.5) is 0 Å². The Morgan fingerprint density at radius 3 is 2.09 bits per heavy atom. The maximum atomic E-state index is 4.35. The second-order valence-corrected chi connectivity index (χ2v) is 6.69. The van der Waals surface area contributed by atoms with Crippen molar-refractivity contribution >= 4 is 49.6 Å². The summed E-state index contributed by atoms with van der Waals surface area (Å²) in [4.78, 5) is 0. The first-order chi connectivity index (χ1) is 11.1. The van der Waals surface area contributed by atoms with Gasteiger partial charge in [0.1, 0.15) is 0 Å². The van der Waals surface area contributed by atoms with E-state index in [2.05, 4.69) is 83.7 Å². The molecule has 0 fully saturated rings. The third kappa shape index (κ3) is 2.29. The van der Waals surface area contributed by atoms with E-state index >= 15 is 0 Å². The molecule has 1 heteroatoms. The molecule has 0 saturated carbocycles. The Kier molecular flexibility index (Phi) is 3.32. The van der Waals surface area contributed by atoms with E-state index in [-0.39, 0.29) is 0 Å². The van der Waals surface area contributed by atoms with Crippen LogP contribution in [-0.2, 0) is 0 Å². The summed E-state index contributed by atoms with van der Waals surface area (Å²) in [5.41, 5.74) is 3.31. The topological polar surface area (TPSA) is 0 Å². The molecular weight excluding hydrogens is 344 g/mol. The maximum Gasteiger partial charge on any atom is 0.0175 e. The van der Waals surface area contributed by atoms with Crippen molar-refractivity contribution in [3.8, 4) is 0 Å². The molecule has 110 valence electrons. The molecule has 0 heterocycles. The SMILES string of the molecule is C=C(c1ccc(Br)cc1)c1ccc2cccc3ccc(=C)c1c23. The monoisotopic (exact) mass is 358 g/mol. The van der Waals surface area contributed by atoms with Crippen LogP contribution in [0, 0.1) is 0 Å². The highest BCUT2D eigenvalue weighted by Gasteiger charge is 2.11. The lowest BCUT2D eigenvalue weighted by Gasteiger charge is -2.14. The number of benzene rings is 4. The number of hydrogen-bond acceptors (Lipinski definition) is 0. The molecule has 0 aliphatic carbocycles. The van der Waals surface area contributed by atoms with Gasteiger partial charge in [0.2, 0.25) is 0 Å². The van der Waals surface area contributed by atoms with Crippen LogP contribution >= 0.6 is 15.9 Å². The fourth-order valence-corrected chi connectivity index (χ4v) is 3.48. The molecule has 0 saturated heterocycles. The van der Waals surface area contributed by atoms with Crippen molar-refractivity contribution in [2.24, 2.45) is 0 Å². The van der Waals surface area contributed by atoms with Crippen LogP contribution in [0.15, 0.2) is 77.8 Å². The summed E-state index contributed by atoms with van der Waals surface area (Å²) in [6.45, 7) is 8.60. The lowest BCUT2D eigenvalue weighted by molar-refractivity contribution is 1.56. The lowest BCUT2D eigenvalue weighted by atomic mass is 9.90. The summed E-state index contributed by atoms with van der Waals surface area (Å²) in [7, 11) is 0. The van der Waals surface area contributed by atoms with Gasteiger partial charge in [-0.25, -0.2) is 0 Å². The lowest BCUT2D eigenvalue weighted by Crippen LogP contribution is -2.03. The van der Waals surface area contributed by atoms with Crippen LogP contribution in [0.25, 0.3) is 33.7 Å². The average Bonchev–Trinajstić information content (AvgIpc) is 2.58. The third-order valence-corrected chi connectivity index (χ3v) is 4.91. The highest BCUT2D eigenvalue weighted by molar-refractivity contribution is 9.10. The minimum absolute atomic E-state index is 1.03. The Labute approximate surface area is 143 Å². The number of hydrogen-bond donors (Lipinski definition) is 0. The fourth-order valence-electron chi connectivity index (χ4n) is 3.21. The molecule has 0 nitrogen and oxygen atoms in total. The van der Waals surface area contributed by atoms with Crippen molar-refractivity contribution < 1.29 is 0 Å². The molecule has 0 aliphatic rings. The van der Waals surface area contributed by atoms with Crippen LogP contribution in [0.2, 0.25) is 0 Å². The van der Waals surface area contributed by atoms with Crippen molar-refractivity contribution in [1.29, 1.82) is 0 Å². The van der Waals surface area contributed by atoms with E-state index in [4.69, 9.17) is 0 Å². The van der Waals surface area contributed by atoms with E-state index in [9.17, 15) is 0 Å². The molecule has 23 heavy (non-hydrogen) atoms. The molecule has 0 aromatic heterocycles. The summed E-state index contributed by atoms with van der Waals surface area (Å²) in [6.07, 6.45) is 0. The fraction of sp³-hybridized carbons (Fsp3) is 0. The zero-order valence-corrected chi connectivity index (χ0v) is 14.2. The molecule has 0 spiro atoms. The summed E-state index contributed by atoms with van der Waals surface area (Å²) in [6, 6.07) is 23.3. The second-order valence-electron chi connectivity index (χ2n) is 5.78. The highest BCUT2D eigenvalue weighted by atomic mass is 79.9. The van der Waals surface area contributed by atoms with Gasteiger partial charge in [0, 0.05) is 4.47 Å². The van der Waals surface area contributed by atoms with Crippen LogP contribution < -0.4 is 5.22 Å². The van der Waals surface area contributed by atoms with Gasteiger partial charge in [-0.1, -0.05) is 83.7 Å². The summed E-state index contributed by atoms with van der Waals surface area (Å²) in [5.74, 6) is 0. The minimum atomic E-state index is 1.03. The van der Waals surface area contributed by atoms with E-state index in [0.29, 0.717) is 0 Å². The maximum absolute atomic E-state index is 4.35. The van der Waals surface area contributed by atoms with E-state index < -0.39 is 0 Å². The first kappa shape index (κ1) is 14.2. The molecule has 4 aromatic rings.